The van der Waals surface area contributed by atoms with Crippen LogP contribution in [0, 0.1) is 5.82 Å². The summed E-state index contributed by atoms with van der Waals surface area (Å²) in [5, 5.41) is 10.3. The maximum atomic E-state index is 13.9. The number of ether oxygens (including phenoxy) is 1. The van der Waals surface area contributed by atoms with E-state index in [1.165, 1.54) is 23.5 Å². The van der Waals surface area contributed by atoms with Crippen molar-refractivity contribution >= 4 is 26.6 Å². The predicted octanol–water partition coefficient (Wildman–Crippen LogP) is 2.40. The Morgan fingerprint density at radius 2 is 2.10 bits per heavy atom. The number of hydrogen-bond acceptors (Lipinski definition) is 5. The van der Waals surface area contributed by atoms with Crippen molar-refractivity contribution in [3.63, 3.8) is 0 Å². The number of sulfonamides is 1. The molecule has 9 heteroatoms. The summed E-state index contributed by atoms with van der Waals surface area (Å²) in [6.07, 6.45) is 4.46. The Hall–Kier alpha value is -2.75. The number of pyridine rings is 1. The predicted molar refractivity (Wildman–Crippen MR) is 108 cm³/mol. The number of methoxy groups -OCH3 is 1. The van der Waals surface area contributed by atoms with Gasteiger partial charge in [-0.25, -0.2) is 17.8 Å². The summed E-state index contributed by atoms with van der Waals surface area (Å²) in [6.45, 7) is -0.156. The largest absolute Gasteiger partial charge is 0.496 e. The van der Waals surface area contributed by atoms with Gasteiger partial charge in [0.2, 0.25) is 10.0 Å². The third kappa shape index (κ3) is 3.52. The van der Waals surface area contributed by atoms with Crippen LogP contribution in [0.2, 0.25) is 0 Å². The van der Waals surface area contributed by atoms with Gasteiger partial charge in [0, 0.05) is 29.4 Å². The number of nitrogens with zero attached hydrogens (tertiary/aromatic N) is 2. The van der Waals surface area contributed by atoms with Gasteiger partial charge >= 0.3 is 0 Å². The quantitative estimate of drug-likeness (QED) is 0.665. The van der Waals surface area contributed by atoms with E-state index in [1.54, 1.807) is 24.4 Å². The number of aromatic nitrogens is 2. The van der Waals surface area contributed by atoms with Gasteiger partial charge in [-0.2, -0.15) is 4.31 Å². The molecule has 0 spiro atoms. The molecule has 7 nitrogen and oxygen atoms in total. The number of benzene rings is 1. The Balaban J connectivity index is 1.81. The molecule has 1 aliphatic rings. The van der Waals surface area contributed by atoms with Gasteiger partial charge in [0.15, 0.2) is 0 Å². The minimum Gasteiger partial charge on any atom is -0.496 e. The number of aliphatic hydroxyl groups is 1. The molecule has 152 valence electrons. The highest BCUT2D eigenvalue weighted by Gasteiger charge is 2.32. The van der Waals surface area contributed by atoms with Crippen molar-refractivity contribution in [2.24, 2.45) is 0 Å². The van der Waals surface area contributed by atoms with E-state index < -0.39 is 16.1 Å². The van der Waals surface area contributed by atoms with Gasteiger partial charge in [-0.05, 0) is 41.5 Å². The smallest absolute Gasteiger partial charge is 0.212 e. The van der Waals surface area contributed by atoms with Gasteiger partial charge in [0.05, 0.1) is 26.0 Å². The van der Waals surface area contributed by atoms with E-state index in [2.05, 4.69) is 9.97 Å². The summed E-state index contributed by atoms with van der Waals surface area (Å²) >= 11 is 0. The first-order valence-electron chi connectivity index (χ1n) is 8.92. The SMILES string of the molecule is COc1ccc(F)cc1-c1ccnc2[nH]c(C3=C[C@@H](CO)N(S(C)(=O)=O)C3)cc12. The van der Waals surface area contributed by atoms with Gasteiger partial charge in [-0.1, -0.05) is 6.08 Å². The van der Waals surface area contributed by atoms with Crippen LogP contribution in [0.1, 0.15) is 5.69 Å². The van der Waals surface area contributed by atoms with E-state index in [-0.39, 0.29) is 19.0 Å². The number of aliphatic hydroxyl groups excluding tert-OH is 1. The van der Waals surface area contributed by atoms with Crippen LogP contribution in [0.25, 0.3) is 27.7 Å². The maximum Gasteiger partial charge on any atom is 0.212 e. The summed E-state index contributed by atoms with van der Waals surface area (Å²) in [7, 11) is -1.94. The van der Waals surface area contributed by atoms with Crippen molar-refractivity contribution in [3.05, 3.63) is 54.1 Å². The Kier molecular flexibility index (Phi) is 4.89. The Morgan fingerprint density at radius 3 is 2.76 bits per heavy atom. The fourth-order valence-electron chi connectivity index (χ4n) is 3.66. The lowest BCUT2D eigenvalue weighted by molar-refractivity contribution is 0.231. The maximum absolute atomic E-state index is 13.9. The highest BCUT2D eigenvalue weighted by atomic mass is 32.2. The molecule has 0 saturated heterocycles. The number of aromatic amines is 1. The lowest BCUT2D eigenvalue weighted by Crippen LogP contribution is -2.37. The van der Waals surface area contributed by atoms with Crippen LogP contribution in [0.5, 0.6) is 5.75 Å². The summed E-state index contributed by atoms with van der Waals surface area (Å²) in [4.78, 5) is 7.55. The van der Waals surface area contributed by atoms with Crippen LogP contribution < -0.4 is 4.74 Å². The normalized spacial score (nSPS) is 17.7. The molecule has 2 N–H and O–H groups in total. The molecule has 1 aromatic carbocycles. The number of hydrogen-bond donors (Lipinski definition) is 2. The molecule has 0 radical (unpaired) electrons. The third-order valence-corrected chi connectivity index (χ3v) is 6.28. The molecule has 4 rings (SSSR count). The highest BCUT2D eigenvalue weighted by Crippen LogP contribution is 2.37. The summed E-state index contributed by atoms with van der Waals surface area (Å²) < 4.78 is 44.5. The zero-order chi connectivity index (χ0) is 20.8. The molecule has 2 aromatic heterocycles. The second-order valence-corrected chi connectivity index (χ2v) is 8.83. The van der Waals surface area contributed by atoms with E-state index in [4.69, 9.17) is 4.74 Å². The minimum atomic E-state index is -3.47. The number of fused-ring (bicyclic) bond motifs is 1. The molecule has 3 heterocycles. The molecule has 0 bridgehead atoms. The second-order valence-electron chi connectivity index (χ2n) is 6.90. The molecule has 0 fully saturated rings. The standard InChI is InChI=1S/C20H20FN3O4S/c1-28-19-4-3-13(21)8-16(19)15-5-6-22-20-17(15)9-18(23-20)12-7-14(11-25)24(10-12)29(2,26)27/h3-9,14,25H,10-11H2,1-2H3,(H,22,23)/t14-/m0/s1. The van der Waals surface area contributed by atoms with Gasteiger partial charge in [0.25, 0.3) is 0 Å². The minimum absolute atomic E-state index is 0.148. The second kappa shape index (κ2) is 7.25. The van der Waals surface area contributed by atoms with E-state index in [0.29, 0.717) is 22.7 Å². The Labute approximate surface area is 167 Å². The molecule has 0 saturated carbocycles. The van der Waals surface area contributed by atoms with Crippen LogP contribution in [0.4, 0.5) is 4.39 Å². The van der Waals surface area contributed by atoms with Crippen LogP contribution in [0.3, 0.4) is 0 Å². The molecule has 0 amide bonds. The summed E-state index contributed by atoms with van der Waals surface area (Å²) in [5.41, 5.74) is 3.36. The molecular weight excluding hydrogens is 397 g/mol. The average Bonchev–Trinajstić information content (AvgIpc) is 3.31. The van der Waals surface area contributed by atoms with Crippen molar-refractivity contribution in [2.45, 2.75) is 6.04 Å². The highest BCUT2D eigenvalue weighted by molar-refractivity contribution is 7.88. The number of H-pyrrole nitrogens is 1. The Bertz CT molecular complexity index is 1220. The number of rotatable bonds is 5. The number of halogens is 1. The molecule has 29 heavy (non-hydrogen) atoms. The molecular formula is C20H20FN3O4S. The number of nitrogens with one attached hydrogen (secondary N) is 1. The first kappa shape index (κ1) is 19.6. The van der Waals surface area contributed by atoms with Gasteiger partial charge in [0.1, 0.15) is 17.2 Å². The molecule has 0 unspecified atom stereocenters. The van der Waals surface area contributed by atoms with Crippen molar-refractivity contribution < 1.29 is 22.7 Å². The molecule has 0 aliphatic carbocycles. The topological polar surface area (TPSA) is 95.5 Å². The fraction of sp³-hybridized carbons (Fsp3) is 0.250. The molecule has 3 aromatic rings. The first-order valence-corrected chi connectivity index (χ1v) is 10.8. The monoisotopic (exact) mass is 417 g/mol. The van der Waals surface area contributed by atoms with Gasteiger partial charge in [-0.15, -0.1) is 0 Å². The molecule has 1 atom stereocenters. The summed E-state index contributed by atoms with van der Waals surface area (Å²) in [6, 6.07) is 7.33. The van der Waals surface area contributed by atoms with Gasteiger partial charge in [-0.3, -0.25) is 0 Å². The van der Waals surface area contributed by atoms with Crippen LogP contribution >= 0.6 is 0 Å². The van der Waals surface area contributed by atoms with Gasteiger partial charge < -0.3 is 14.8 Å². The van der Waals surface area contributed by atoms with Crippen molar-refractivity contribution in [3.8, 4) is 16.9 Å². The third-order valence-electron chi connectivity index (χ3n) is 5.03. The van der Waals surface area contributed by atoms with E-state index >= 15 is 0 Å². The van der Waals surface area contributed by atoms with E-state index in [1.807, 2.05) is 6.07 Å². The van der Waals surface area contributed by atoms with Crippen LogP contribution in [0.15, 0.2) is 42.6 Å². The fourth-order valence-corrected chi connectivity index (χ4v) is 4.65. The van der Waals surface area contributed by atoms with E-state index in [9.17, 15) is 17.9 Å². The lowest BCUT2D eigenvalue weighted by atomic mass is 10.0. The zero-order valence-corrected chi connectivity index (χ0v) is 16.7. The van der Waals surface area contributed by atoms with Crippen molar-refractivity contribution in [1.29, 1.82) is 0 Å². The van der Waals surface area contributed by atoms with Crippen LogP contribution in [-0.2, 0) is 10.0 Å². The summed E-state index contributed by atoms with van der Waals surface area (Å²) in [5.74, 6) is 0.153. The van der Waals surface area contributed by atoms with Crippen molar-refractivity contribution in [2.75, 3.05) is 26.5 Å². The van der Waals surface area contributed by atoms with E-state index in [0.717, 1.165) is 22.8 Å². The first-order chi connectivity index (χ1) is 13.8. The zero-order valence-electron chi connectivity index (χ0n) is 15.9. The van der Waals surface area contributed by atoms with Crippen molar-refractivity contribution in [1.82, 2.24) is 14.3 Å². The lowest BCUT2D eigenvalue weighted by Gasteiger charge is -2.19. The Morgan fingerprint density at radius 1 is 1.31 bits per heavy atom. The average molecular weight is 417 g/mol. The van der Waals surface area contributed by atoms with Crippen LogP contribution in [-0.4, -0.2) is 60.4 Å². The molecule has 1 aliphatic heterocycles.